The lowest BCUT2D eigenvalue weighted by Gasteiger charge is -2.17. The molecule has 1 aromatic carbocycles. The number of rotatable bonds is 3. The second-order valence-corrected chi connectivity index (χ2v) is 5.43. The van der Waals surface area contributed by atoms with E-state index in [1.165, 1.54) is 0 Å². The Morgan fingerprint density at radius 2 is 1.90 bits per heavy atom. The molecule has 0 aliphatic carbocycles. The highest BCUT2D eigenvalue weighted by Gasteiger charge is 2.16. The monoisotopic (exact) mass is 323 g/mol. The quantitative estimate of drug-likeness (QED) is 0.940. The van der Waals surface area contributed by atoms with Crippen molar-refractivity contribution in [3.63, 3.8) is 0 Å². The topological polar surface area (TPSA) is 45.2 Å². The third-order valence-electron chi connectivity index (χ3n) is 3.00. The maximum absolute atomic E-state index is 11.9. The number of aromatic nitrogens is 1. The SMILES string of the molecule is CNC(=O)c1ccc(-c2cccc(Cl)c2Cl)nc1N(C)C. The number of nitrogens with one attached hydrogen (secondary N) is 1. The van der Waals surface area contributed by atoms with E-state index in [4.69, 9.17) is 23.2 Å². The van der Waals surface area contributed by atoms with Crippen molar-refractivity contribution in [2.75, 3.05) is 26.0 Å². The van der Waals surface area contributed by atoms with Crippen LogP contribution in [-0.4, -0.2) is 32.0 Å². The van der Waals surface area contributed by atoms with Gasteiger partial charge in [-0.3, -0.25) is 4.79 Å². The summed E-state index contributed by atoms with van der Waals surface area (Å²) in [6, 6.07) is 8.87. The first-order chi connectivity index (χ1) is 9.95. The van der Waals surface area contributed by atoms with Crippen molar-refractivity contribution < 1.29 is 4.79 Å². The maximum Gasteiger partial charge on any atom is 0.254 e. The van der Waals surface area contributed by atoms with E-state index in [2.05, 4.69) is 10.3 Å². The summed E-state index contributed by atoms with van der Waals surface area (Å²) in [6.45, 7) is 0. The van der Waals surface area contributed by atoms with Crippen LogP contribution in [0.5, 0.6) is 0 Å². The van der Waals surface area contributed by atoms with Gasteiger partial charge in [0, 0.05) is 26.7 Å². The predicted molar refractivity (Wildman–Crippen MR) is 87.4 cm³/mol. The minimum atomic E-state index is -0.185. The molecule has 0 aliphatic rings. The van der Waals surface area contributed by atoms with Crippen LogP contribution < -0.4 is 10.2 Å². The van der Waals surface area contributed by atoms with E-state index in [1.807, 2.05) is 26.2 Å². The fourth-order valence-corrected chi connectivity index (χ4v) is 2.35. The van der Waals surface area contributed by atoms with Gasteiger partial charge in [-0.05, 0) is 18.2 Å². The van der Waals surface area contributed by atoms with Crippen LogP contribution in [0.2, 0.25) is 10.0 Å². The summed E-state index contributed by atoms with van der Waals surface area (Å²) in [5.74, 6) is 0.387. The summed E-state index contributed by atoms with van der Waals surface area (Å²) in [5, 5.41) is 3.52. The van der Waals surface area contributed by atoms with Gasteiger partial charge in [-0.15, -0.1) is 0 Å². The molecule has 21 heavy (non-hydrogen) atoms. The van der Waals surface area contributed by atoms with E-state index < -0.39 is 0 Å². The highest BCUT2D eigenvalue weighted by molar-refractivity contribution is 6.43. The third kappa shape index (κ3) is 3.12. The molecule has 2 aromatic rings. The number of hydrogen-bond acceptors (Lipinski definition) is 3. The Morgan fingerprint density at radius 3 is 2.52 bits per heavy atom. The van der Waals surface area contributed by atoms with Crippen LogP contribution in [0.15, 0.2) is 30.3 Å². The van der Waals surface area contributed by atoms with Gasteiger partial charge in [0.15, 0.2) is 0 Å². The van der Waals surface area contributed by atoms with Crippen molar-refractivity contribution >= 4 is 34.9 Å². The summed E-state index contributed by atoms with van der Waals surface area (Å²) in [4.78, 5) is 18.2. The molecule has 4 nitrogen and oxygen atoms in total. The average Bonchev–Trinajstić information content (AvgIpc) is 2.48. The average molecular weight is 324 g/mol. The number of halogens is 2. The molecular formula is C15H15Cl2N3O. The number of pyridine rings is 1. The fraction of sp³-hybridized carbons (Fsp3) is 0.200. The van der Waals surface area contributed by atoms with Crippen LogP contribution in [0.3, 0.4) is 0 Å². The van der Waals surface area contributed by atoms with Gasteiger partial charge in [0.05, 0.1) is 21.3 Å². The van der Waals surface area contributed by atoms with Crippen LogP contribution >= 0.6 is 23.2 Å². The number of benzene rings is 1. The Hall–Kier alpha value is -1.78. The lowest BCUT2D eigenvalue weighted by molar-refractivity contribution is 0.0963. The predicted octanol–water partition coefficient (Wildman–Crippen LogP) is 3.48. The summed E-state index contributed by atoms with van der Waals surface area (Å²) >= 11 is 12.3. The van der Waals surface area contributed by atoms with Gasteiger partial charge in [0.25, 0.3) is 5.91 Å². The summed E-state index contributed by atoms with van der Waals surface area (Å²) < 4.78 is 0. The Bertz CT molecular complexity index is 687. The van der Waals surface area contributed by atoms with E-state index >= 15 is 0 Å². The van der Waals surface area contributed by atoms with Crippen molar-refractivity contribution in [1.82, 2.24) is 10.3 Å². The first-order valence-electron chi connectivity index (χ1n) is 6.30. The van der Waals surface area contributed by atoms with Crippen molar-refractivity contribution in [2.24, 2.45) is 0 Å². The number of carbonyl (C=O) groups is 1. The van der Waals surface area contributed by atoms with Crippen LogP contribution in [0.25, 0.3) is 11.3 Å². The second kappa shape index (κ2) is 6.33. The van der Waals surface area contributed by atoms with Gasteiger partial charge >= 0.3 is 0 Å². The number of amides is 1. The Kier molecular flexibility index (Phi) is 4.70. The van der Waals surface area contributed by atoms with Crippen LogP contribution in [-0.2, 0) is 0 Å². The molecule has 0 fully saturated rings. The summed E-state index contributed by atoms with van der Waals surface area (Å²) in [6.07, 6.45) is 0. The number of anilines is 1. The zero-order valence-electron chi connectivity index (χ0n) is 11.9. The van der Waals surface area contributed by atoms with Crippen LogP contribution in [0.4, 0.5) is 5.82 Å². The molecule has 0 radical (unpaired) electrons. The fourth-order valence-electron chi connectivity index (χ4n) is 1.95. The van der Waals surface area contributed by atoms with E-state index in [9.17, 15) is 4.79 Å². The highest BCUT2D eigenvalue weighted by atomic mass is 35.5. The van der Waals surface area contributed by atoms with E-state index in [1.54, 1.807) is 30.1 Å². The molecule has 0 spiro atoms. The molecule has 0 unspecified atom stereocenters. The molecule has 110 valence electrons. The first-order valence-corrected chi connectivity index (χ1v) is 7.06. The highest BCUT2D eigenvalue weighted by Crippen LogP contribution is 2.33. The smallest absolute Gasteiger partial charge is 0.254 e. The largest absolute Gasteiger partial charge is 0.362 e. The molecule has 0 saturated heterocycles. The van der Waals surface area contributed by atoms with Crippen LogP contribution in [0.1, 0.15) is 10.4 Å². The molecular weight excluding hydrogens is 309 g/mol. The van der Waals surface area contributed by atoms with Gasteiger partial charge in [-0.25, -0.2) is 4.98 Å². The van der Waals surface area contributed by atoms with Crippen molar-refractivity contribution in [3.8, 4) is 11.3 Å². The molecule has 6 heteroatoms. The number of nitrogens with zero attached hydrogens (tertiary/aromatic N) is 2. The molecule has 2 rings (SSSR count). The number of hydrogen-bond donors (Lipinski definition) is 1. The van der Waals surface area contributed by atoms with Gasteiger partial charge in [-0.1, -0.05) is 35.3 Å². The first kappa shape index (κ1) is 15.6. The van der Waals surface area contributed by atoms with E-state index in [0.29, 0.717) is 27.1 Å². The Morgan fingerprint density at radius 1 is 1.19 bits per heavy atom. The zero-order chi connectivity index (χ0) is 15.6. The Labute approximate surface area is 133 Å². The normalized spacial score (nSPS) is 10.3. The van der Waals surface area contributed by atoms with Crippen LogP contribution in [0, 0.1) is 0 Å². The molecule has 0 saturated carbocycles. The molecule has 1 amide bonds. The van der Waals surface area contributed by atoms with Crippen molar-refractivity contribution in [1.29, 1.82) is 0 Å². The molecule has 0 aliphatic heterocycles. The van der Waals surface area contributed by atoms with Gasteiger partial charge in [0.2, 0.25) is 0 Å². The molecule has 0 atom stereocenters. The number of carbonyl (C=O) groups excluding carboxylic acids is 1. The van der Waals surface area contributed by atoms with Crippen molar-refractivity contribution in [2.45, 2.75) is 0 Å². The second-order valence-electron chi connectivity index (χ2n) is 4.64. The van der Waals surface area contributed by atoms with E-state index in [-0.39, 0.29) is 5.91 Å². The van der Waals surface area contributed by atoms with Gasteiger partial charge < -0.3 is 10.2 Å². The van der Waals surface area contributed by atoms with Crippen molar-refractivity contribution in [3.05, 3.63) is 45.9 Å². The Balaban J connectivity index is 2.60. The minimum Gasteiger partial charge on any atom is -0.362 e. The summed E-state index contributed by atoms with van der Waals surface area (Å²) in [7, 11) is 5.25. The zero-order valence-corrected chi connectivity index (χ0v) is 13.5. The molecule has 1 aromatic heterocycles. The summed E-state index contributed by atoms with van der Waals surface area (Å²) in [5.41, 5.74) is 1.90. The lowest BCUT2D eigenvalue weighted by atomic mass is 10.1. The lowest BCUT2D eigenvalue weighted by Crippen LogP contribution is -2.23. The third-order valence-corrected chi connectivity index (χ3v) is 3.82. The van der Waals surface area contributed by atoms with Gasteiger partial charge in [0.1, 0.15) is 5.82 Å². The standard InChI is InChI=1S/C15H15Cl2N3O/c1-18-15(21)10-7-8-12(19-14(10)20(2)3)9-5-4-6-11(16)13(9)17/h4-8H,1-3H3,(H,18,21). The van der Waals surface area contributed by atoms with E-state index in [0.717, 1.165) is 5.56 Å². The minimum absolute atomic E-state index is 0.185. The molecule has 1 heterocycles. The molecule has 0 bridgehead atoms. The van der Waals surface area contributed by atoms with Gasteiger partial charge in [-0.2, -0.15) is 0 Å². The molecule has 1 N–H and O–H groups in total. The maximum atomic E-state index is 11.9.